The first-order valence-electron chi connectivity index (χ1n) is 17.6. The number of hydrogen-bond donors (Lipinski definition) is 2. The minimum atomic E-state index is -1.68. The lowest BCUT2D eigenvalue weighted by molar-refractivity contribution is -0.385. The molecule has 0 amide bonds. The highest BCUT2D eigenvalue weighted by molar-refractivity contribution is 9.10. The van der Waals surface area contributed by atoms with Crippen molar-refractivity contribution in [3.05, 3.63) is 138 Å². The molecule has 6 nitrogen and oxygen atoms in total. The molecule has 4 aromatic rings. The summed E-state index contributed by atoms with van der Waals surface area (Å²) >= 11 is 3.28. The number of aromatic hydroxyl groups is 1. The number of aliphatic hydroxyl groups is 1. The molecule has 0 saturated carbocycles. The molecule has 51 heavy (non-hydrogen) atoms. The number of halogens is 1. The van der Waals surface area contributed by atoms with E-state index in [2.05, 4.69) is 135 Å². The number of benzene rings is 4. The van der Waals surface area contributed by atoms with Gasteiger partial charge < -0.3 is 10.2 Å². The average molecular weight is 756 g/mol. The van der Waals surface area contributed by atoms with E-state index in [0.29, 0.717) is 17.5 Å². The van der Waals surface area contributed by atoms with Gasteiger partial charge in [-0.3, -0.25) is 15.1 Å². The predicted octanol–water partition coefficient (Wildman–Crippen LogP) is 11.2. The number of hydrogen-bond acceptors (Lipinski definition) is 5. The van der Waals surface area contributed by atoms with Crippen molar-refractivity contribution in [2.45, 2.75) is 123 Å². The number of non-ortho nitro benzene ring substituents is 1. The Hall–Kier alpha value is -3.81. The van der Waals surface area contributed by atoms with E-state index in [4.69, 9.17) is 4.99 Å². The van der Waals surface area contributed by atoms with E-state index >= 15 is 0 Å². The van der Waals surface area contributed by atoms with Crippen LogP contribution in [0.3, 0.4) is 0 Å². The average Bonchev–Trinajstić information content (AvgIpc) is 3.02. The Morgan fingerprint density at radius 2 is 1.08 bits per heavy atom. The zero-order valence-electron chi connectivity index (χ0n) is 32.4. The molecule has 0 aliphatic rings. The van der Waals surface area contributed by atoms with Crippen LogP contribution in [0.1, 0.15) is 128 Å². The Morgan fingerprint density at radius 3 is 1.45 bits per heavy atom. The number of nitro groups is 1. The summed E-state index contributed by atoms with van der Waals surface area (Å²) in [6, 6.07) is 24.6. The fourth-order valence-corrected chi connectivity index (χ4v) is 6.57. The van der Waals surface area contributed by atoms with Crippen LogP contribution in [0, 0.1) is 10.1 Å². The van der Waals surface area contributed by atoms with Crippen LogP contribution < -0.4 is 0 Å². The first kappa shape index (κ1) is 40.0. The molecule has 0 aromatic heterocycles. The number of rotatable bonds is 8. The molecule has 0 fully saturated rings. The normalized spacial score (nSPS) is 13.8. The van der Waals surface area contributed by atoms with Gasteiger partial charge in [0, 0.05) is 23.9 Å². The summed E-state index contributed by atoms with van der Waals surface area (Å²) in [4.78, 5) is 16.4. The van der Waals surface area contributed by atoms with Crippen LogP contribution in [0.5, 0.6) is 5.75 Å². The molecular weight excluding hydrogens is 700 g/mol. The van der Waals surface area contributed by atoms with E-state index in [1.807, 2.05) is 30.3 Å². The molecule has 0 saturated heterocycles. The van der Waals surface area contributed by atoms with Crippen molar-refractivity contribution in [2.24, 2.45) is 4.99 Å². The third kappa shape index (κ3) is 9.17. The molecule has 1 unspecified atom stereocenters. The van der Waals surface area contributed by atoms with E-state index in [1.54, 1.807) is 0 Å². The Labute approximate surface area is 313 Å². The van der Waals surface area contributed by atoms with Crippen LogP contribution in [0.25, 0.3) is 0 Å². The fraction of sp³-hybridized carbons (Fsp3) is 0.432. The summed E-state index contributed by atoms with van der Waals surface area (Å²) in [5.74, 6) is -0.166. The van der Waals surface area contributed by atoms with Gasteiger partial charge in [0.25, 0.3) is 5.69 Å². The van der Waals surface area contributed by atoms with E-state index in [9.17, 15) is 20.3 Å². The Bertz CT molecular complexity index is 1780. The van der Waals surface area contributed by atoms with Crippen molar-refractivity contribution in [1.29, 1.82) is 0 Å². The van der Waals surface area contributed by atoms with Gasteiger partial charge in [-0.1, -0.05) is 150 Å². The molecule has 0 heterocycles. The van der Waals surface area contributed by atoms with Crippen molar-refractivity contribution < 1.29 is 15.1 Å². The van der Waals surface area contributed by atoms with Crippen LogP contribution >= 0.6 is 15.9 Å². The van der Waals surface area contributed by atoms with Crippen LogP contribution in [-0.2, 0) is 33.7 Å². The molecule has 0 aliphatic carbocycles. The maximum Gasteiger partial charge on any atom is 0.271 e. The van der Waals surface area contributed by atoms with Gasteiger partial charge in [-0.2, -0.15) is 0 Å². The maximum absolute atomic E-state index is 13.9. The summed E-state index contributed by atoms with van der Waals surface area (Å²) in [6.07, 6.45) is 1.81. The SMILES string of the molecule is CC(C)(C)c1cc(C(C)(C)C)cc(C(O)(c2cc(C(C)(C)C)cc(C(C)(C)C)c2)C(Cc2ccccc2)N=Cc2cc([N+](=O)[O-])cc(Br)c2O)c1. The topological polar surface area (TPSA) is 96.0 Å². The molecule has 0 aliphatic heterocycles. The smallest absolute Gasteiger partial charge is 0.271 e. The number of nitrogens with zero attached hydrogens (tertiary/aromatic N) is 2. The third-order valence-electron chi connectivity index (χ3n) is 9.65. The molecule has 0 bridgehead atoms. The van der Waals surface area contributed by atoms with Crippen molar-refractivity contribution in [3.8, 4) is 5.75 Å². The third-order valence-corrected chi connectivity index (χ3v) is 10.3. The number of phenols is 1. The van der Waals surface area contributed by atoms with Crippen LogP contribution in [0.15, 0.2) is 88.3 Å². The Kier molecular flexibility index (Phi) is 11.2. The quantitative estimate of drug-likeness (QED) is 0.106. The lowest BCUT2D eigenvalue weighted by Crippen LogP contribution is -2.42. The van der Waals surface area contributed by atoms with Crippen molar-refractivity contribution in [2.75, 3.05) is 0 Å². The van der Waals surface area contributed by atoms with Crippen molar-refractivity contribution in [3.63, 3.8) is 0 Å². The summed E-state index contributed by atoms with van der Waals surface area (Å²) < 4.78 is 0.188. The van der Waals surface area contributed by atoms with Gasteiger partial charge in [0.05, 0.1) is 15.4 Å². The van der Waals surface area contributed by atoms with Gasteiger partial charge in [-0.05, 0) is 83.0 Å². The van der Waals surface area contributed by atoms with E-state index in [0.717, 1.165) is 27.8 Å². The van der Waals surface area contributed by atoms with Gasteiger partial charge in [0.2, 0.25) is 0 Å². The number of phenolic OH excluding ortho intramolecular Hbond substituents is 1. The van der Waals surface area contributed by atoms with Crippen molar-refractivity contribution >= 4 is 27.8 Å². The van der Waals surface area contributed by atoms with Gasteiger partial charge in [-0.15, -0.1) is 0 Å². The highest BCUT2D eigenvalue weighted by atomic mass is 79.9. The van der Waals surface area contributed by atoms with Crippen molar-refractivity contribution in [1.82, 2.24) is 0 Å². The standard InChI is InChI=1S/C44H55BrN2O4/c1-40(2,3)30-20-31(41(4,5)6)23-34(22-30)44(49,35-24-32(42(7,8)9)21-33(25-35)43(10,11)12)38(18-28-16-14-13-15-17-28)46-27-29-19-36(47(50)51)26-37(45)39(29)48/h13-17,19-27,38,48-49H,18H2,1-12H3. The first-order valence-corrected chi connectivity index (χ1v) is 18.4. The molecular formula is C44H55BrN2O4. The summed E-state index contributed by atoms with van der Waals surface area (Å²) in [7, 11) is 0. The monoisotopic (exact) mass is 754 g/mol. The van der Waals surface area contributed by atoms with E-state index < -0.39 is 16.6 Å². The molecule has 0 spiro atoms. The van der Waals surface area contributed by atoms with Crippen LogP contribution in [0.4, 0.5) is 5.69 Å². The lowest BCUT2D eigenvalue weighted by Gasteiger charge is -2.39. The highest BCUT2D eigenvalue weighted by Crippen LogP contribution is 2.44. The number of aliphatic imine (C=N–C) groups is 1. The molecule has 2 N–H and O–H groups in total. The predicted molar refractivity (Wildman–Crippen MR) is 215 cm³/mol. The van der Waals surface area contributed by atoms with E-state index in [-0.39, 0.29) is 43.1 Å². The molecule has 7 heteroatoms. The zero-order valence-corrected chi connectivity index (χ0v) is 33.9. The lowest BCUT2D eigenvalue weighted by atomic mass is 9.70. The van der Waals surface area contributed by atoms with Gasteiger partial charge in [0.15, 0.2) is 0 Å². The molecule has 4 rings (SSSR count). The summed E-state index contributed by atoms with van der Waals surface area (Å²) in [5, 5.41) is 36.7. The second-order valence-electron chi connectivity index (χ2n) is 18.0. The number of nitro benzene ring substituents is 1. The Morgan fingerprint density at radius 1 is 0.686 bits per heavy atom. The van der Waals surface area contributed by atoms with Gasteiger partial charge in [-0.25, -0.2) is 0 Å². The molecule has 4 aromatic carbocycles. The Balaban J connectivity index is 2.19. The fourth-order valence-electron chi connectivity index (χ4n) is 6.10. The highest BCUT2D eigenvalue weighted by Gasteiger charge is 2.43. The second kappa shape index (κ2) is 14.3. The van der Waals surface area contributed by atoms with Gasteiger partial charge in [0.1, 0.15) is 11.4 Å². The van der Waals surface area contributed by atoms with Gasteiger partial charge >= 0.3 is 0 Å². The minimum Gasteiger partial charge on any atom is -0.506 e. The van der Waals surface area contributed by atoms with Crippen LogP contribution in [0.2, 0.25) is 0 Å². The maximum atomic E-state index is 13.9. The minimum absolute atomic E-state index is 0.166. The molecule has 272 valence electrons. The second-order valence-corrected chi connectivity index (χ2v) is 18.8. The molecule has 0 radical (unpaired) electrons. The van der Waals surface area contributed by atoms with Crippen LogP contribution in [-0.4, -0.2) is 27.4 Å². The zero-order chi connectivity index (χ0) is 38.3. The molecule has 1 atom stereocenters. The summed E-state index contributed by atoms with van der Waals surface area (Å²) in [5.41, 5.74) is 4.19. The first-order chi connectivity index (χ1) is 23.3. The largest absolute Gasteiger partial charge is 0.506 e. The van der Waals surface area contributed by atoms with E-state index in [1.165, 1.54) is 18.3 Å². The summed E-state index contributed by atoms with van der Waals surface area (Å²) in [6.45, 7) is 26.1.